The van der Waals surface area contributed by atoms with Gasteiger partial charge in [-0.15, -0.1) is 0 Å². The van der Waals surface area contributed by atoms with Gasteiger partial charge in [0.2, 0.25) is 0 Å². The van der Waals surface area contributed by atoms with E-state index in [1.54, 1.807) is 11.8 Å². The van der Waals surface area contributed by atoms with E-state index in [4.69, 9.17) is 9.90 Å². The highest BCUT2D eigenvalue weighted by Gasteiger charge is 2.09. The van der Waals surface area contributed by atoms with Gasteiger partial charge in [0, 0.05) is 55.2 Å². The molecule has 0 saturated carbocycles. The molecule has 0 aliphatic heterocycles. The number of hydrogen-bond donors (Lipinski definition) is 3. The molecule has 0 spiro atoms. The van der Waals surface area contributed by atoms with Crippen LogP contribution in [0.5, 0.6) is 0 Å². The normalized spacial score (nSPS) is 10.5. The third-order valence-electron chi connectivity index (χ3n) is 3.38. The number of aliphatic hydroxyl groups is 1. The number of nitrogens with zero attached hydrogens (tertiary/aromatic N) is 4. The number of nitrogens with one attached hydrogen (secondary N) is 1. The van der Waals surface area contributed by atoms with Crippen molar-refractivity contribution in [2.75, 3.05) is 18.9 Å². The van der Waals surface area contributed by atoms with Crippen LogP contribution in [0.3, 0.4) is 0 Å². The van der Waals surface area contributed by atoms with Gasteiger partial charge in [-0.25, -0.2) is 15.0 Å². The van der Waals surface area contributed by atoms with Gasteiger partial charge >= 0.3 is 0 Å². The number of thioether (sulfide) groups is 1. The van der Waals surface area contributed by atoms with Gasteiger partial charge in [0.1, 0.15) is 5.82 Å². The lowest BCUT2D eigenvalue weighted by Crippen LogP contribution is -2.26. The molecule has 144 valence electrons. The largest absolute Gasteiger partial charge is 0.483 e. The molecule has 0 atom stereocenters. The summed E-state index contributed by atoms with van der Waals surface area (Å²) in [5, 5.41) is 17.0. The van der Waals surface area contributed by atoms with Crippen LogP contribution in [0.1, 0.15) is 36.8 Å². The Labute approximate surface area is 158 Å². The van der Waals surface area contributed by atoms with Gasteiger partial charge in [-0.05, 0) is 13.3 Å². The summed E-state index contributed by atoms with van der Waals surface area (Å²) in [7, 11) is 0. The van der Waals surface area contributed by atoms with Crippen LogP contribution in [-0.4, -0.2) is 60.4 Å². The first-order valence-electron chi connectivity index (χ1n) is 8.48. The summed E-state index contributed by atoms with van der Waals surface area (Å²) in [6.45, 7) is 6.01. The zero-order valence-corrected chi connectivity index (χ0v) is 16.1. The summed E-state index contributed by atoms with van der Waals surface area (Å²) >= 11 is 1.70. The van der Waals surface area contributed by atoms with Crippen molar-refractivity contribution >= 4 is 18.2 Å². The van der Waals surface area contributed by atoms with Crippen molar-refractivity contribution in [1.29, 1.82) is 0 Å². The molecule has 0 aliphatic carbocycles. The summed E-state index contributed by atoms with van der Waals surface area (Å²) < 4.78 is 0. The summed E-state index contributed by atoms with van der Waals surface area (Å²) in [5.41, 5.74) is 2.10. The Bertz CT molecular complexity index is 621. The van der Waals surface area contributed by atoms with Gasteiger partial charge in [0.15, 0.2) is 5.16 Å². The molecule has 0 aliphatic rings. The second kappa shape index (κ2) is 13.3. The molecule has 0 amide bonds. The number of H-pyrrole nitrogens is 1. The Morgan fingerprint density at radius 1 is 1.23 bits per heavy atom. The molecule has 0 bridgehead atoms. The van der Waals surface area contributed by atoms with Crippen molar-refractivity contribution < 1.29 is 15.0 Å². The van der Waals surface area contributed by atoms with Crippen molar-refractivity contribution in [3.8, 4) is 0 Å². The van der Waals surface area contributed by atoms with Gasteiger partial charge in [-0.2, -0.15) is 0 Å². The number of aromatic amines is 1. The second-order valence-corrected chi connectivity index (χ2v) is 6.67. The average Bonchev–Trinajstić information content (AvgIpc) is 3.02. The van der Waals surface area contributed by atoms with E-state index in [1.165, 1.54) is 12.8 Å². The first-order chi connectivity index (χ1) is 12.6. The number of aryl methyl sites for hydroxylation is 1. The lowest BCUT2D eigenvalue weighted by Gasteiger charge is -2.20. The number of imidazole rings is 1. The third kappa shape index (κ3) is 8.93. The van der Waals surface area contributed by atoms with E-state index in [1.807, 2.05) is 25.5 Å². The maximum Gasteiger partial charge on any atom is 0.290 e. The Morgan fingerprint density at radius 3 is 2.46 bits per heavy atom. The third-order valence-corrected chi connectivity index (χ3v) is 4.34. The van der Waals surface area contributed by atoms with E-state index < -0.39 is 0 Å². The standard InChI is InChI=1S/C16H25N5OS.CH2O2/c1-3-4-7-23-16-18-8-14(9-19-16)11-21(5-6-22)12-15-10-17-13(2)20-15;2-1-3/h8-10,22H,3-7,11-12H2,1-2H3,(H,17,20);1H,(H,2,3). The van der Waals surface area contributed by atoms with E-state index in [0.29, 0.717) is 19.6 Å². The minimum absolute atomic E-state index is 0.124. The highest BCUT2D eigenvalue weighted by molar-refractivity contribution is 7.99. The lowest BCUT2D eigenvalue weighted by atomic mass is 10.3. The van der Waals surface area contributed by atoms with Crippen LogP contribution in [0, 0.1) is 6.92 Å². The van der Waals surface area contributed by atoms with E-state index in [2.05, 4.69) is 31.8 Å². The Hall–Kier alpha value is -1.97. The number of rotatable bonds is 10. The van der Waals surface area contributed by atoms with Gasteiger partial charge in [-0.3, -0.25) is 9.69 Å². The van der Waals surface area contributed by atoms with Crippen LogP contribution in [-0.2, 0) is 17.9 Å². The molecule has 0 unspecified atom stereocenters. The lowest BCUT2D eigenvalue weighted by molar-refractivity contribution is -0.122. The minimum Gasteiger partial charge on any atom is -0.483 e. The summed E-state index contributed by atoms with van der Waals surface area (Å²) in [5.74, 6) is 1.96. The van der Waals surface area contributed by atoms with Crippen LogP contribution in [0.4, 0.5) is 0 Å². The summed E-state index contributed by atoms with van der Waals surface area (Å²) in [4.78, 5) is 26.8. The molecule has 0 fully saturated rings. The topological polar surface area (TPSA) is 115 Å². The molecule has 0 aromatic carbocycles. The Kier molecular flexibility index (Phi) is 11.3. The minimum atomic E-state index is -0.250. The summed E-state index contributed by atoms with van der Waals surface area (Å²) in [6, 6.07) is 0. The van der Waals surface area contributed by atoms with Crippen LogP contribution >= 0.6 is 11.8 Å². The maximum atomic E-state index is 9.26. The van der Waals surface area contributed by atoms with E-state index in [9.17, 15) is 5.11 Å². The summed E-state index contributed by atoms with van der Waals surface area (Å²) in [6.07, 6.45) is 7.97. The molecule has 8 nitrogen and oxygen atoms in total. The molecule has 2 heterocycles. The Morgan fingerprint density at radius 2 is 1.92 bits per heavy atom. The molecule has 9 heteroatoms. The Balaban J connectivity index is 0.00000105. The first kappa shape index (κ1) is 22.1. The number of unbranched alkanes of at least 4 members (excludes halogenated alkanes) is 1. The van der Waals surface area contributed by atoms with Crippen molar-refractivity contribution in [2.45, 2.75) is 44.9 Å². The number of aliphatic hydroxyl groups excluding tert-OH is 1. The average molecular weight is 382 g/mol. The van der Waals surface area contributed by atoms with Crippen LogP contribution in [0.2, 0.25) is 0 Å². The molecular formula is C17H27N5O3S. The molecule has 2 rings (SSSR count). The predicted molar refractivity (Wildman–Crippen MR) is 101 cm³/mol. The monoisotopic (exact) mass is 381 g/mol. The SMILES string of the molecule is CCCCSc1ncc(CN(CCO)Cc2cnc(C)[nH]2)cn1.O=CO. The number of carboxylic acid groups (broad SMARTS) is 1. The zero-order chi connectivity index (χ0) is 19.2. The fraction of sp³-hybridized carbons (Fsp3) is 0.529. The van der Waals surface area contributed by atoms with Crippen LogP contribution in [0.25, 0.3) is 0 Å². The number of hydrogen-bond acceptors (Lipinski definition) is 7. The van der Waals surface area contributed by atoms with E-state index in [0.717, 1.165) is 28.0 Å². The van der Waals surface area contributed by atoms with Gasteiger partial charge in [-0.1, -0.05) is 25.1 Å². The smallest absolute Gasteiger partial charge is 0.290 e. The molecule has 2 aromatic heterocycles. The fourth-order valence-electron chi connectivity index (χ4n) is 2.21. The quantitative estimate of drug-likeness (QED) is 0.248. The van der Waals surface area contributed by atoms with Crippen molar-refractivity contribution in [3.05, 3.63) is 35.7 Å². The fourth-order valence-corrected chi connectivity index (χ4v) is 3.08. The number of carbonyl (C=O) groups is 1. The second-order valence-electron chi connectivity index (χ2n) is 5.61. The molecule has 0 saturated heterocycles. The van der Waals surface area contributed by atoms with Crippen molar-refractivity contribution in [3.63, 3.8) is 0 Å². The van der Waals surface area contributed by atoms with Crippen molar-refractivity contribution in [1.82, 2.24) is 24.8 Å². The van der Waals surface area contributed by atoms with Crippen LogP contribution in [0.15, 0.2) is 23.7 Å². The van der Waals surface area contributed by atoms with E-state index in [-0.39, 0.29) is 13.1 Å². The molecule has 0 radical (unpaired) electrons. The predicted octanol–water partition coefficient (Wildman–Crippen LogP) is 2.10. The van der Waals surface area contributed by atoms with Gasteiger partial charge in [0.25, 0.3) is 6.47 Å². The molecular weight excluding hydrogens is 354 g/mol. The van der Waals surface area contributed by atoms with Crippen LogP contribution < -0.4 is 0 Å². The highest BCUT2D eigenvalue weighted by atomic mass is 32.2. The maximum absolute atomic E-state index is 9.26. The van der Waals surface area contributed by atoms with Crippen molar-refractivity contribution in [2.24, 2.45) is 0 Å². The highest BCUT2D eigenvalue weighted by Crippen LogP contribution is 2.15. The van der Waals surface area contributed by atoms with E-state index >= 15 is 0 Å². The van der Waals surface area contributed by atoms with Gasteiger partial charge < -0.3 is 15.2 Å². The zero-order valence-electron chi connectivity index (χ0n) is 15.3. The first-order valence-corrected chi connectivity index (χ1v) is 9.46. The van der Waals surface area contributed by atoms with Gasteiger partial charge in [0.05, 0.1) is 6.61 Å². The molecule has 26 heavy (non-hydrogen) atoms. The number of aromatic nitrogens is 4. The molecule has 3 N–H and O–H groups in total. The molecule has 2 aromatic rings.